The number of anilines is 2. The van der Waals surface area contributed by atoms with Gasteiger partial charge in [0.1, 0.15) is 0 Å². The number of hydrogen-bond donors (Lipinski definition) is 1. The summed E-state index contributed by atoms with van der Waals surface area (Å²) in [7, 11) is 0. The van der Waals surface area contributed by atoms with E-state index in [0.717, 1.165) is 17.0 Å². The van der Waals surface area contributed by atoms with Crippen molar-refractivity contribution in [2.45, 2.75) is 26.8 Å². The van der Waals surface area contributed by atoms with Gasteiger partial charge in [-0.1, -0.05) is 34.8 Å². The van der Waals surface area contributed by atoms with Crippen molar-refractivity contribution in [3.8, 4) is 0 Å². The lowest BCUT2D eigenvalue weighted by Crippen LogP contribution is -2.27. The summed E-state index contributed by atoms with van der Waals surface area (Å²) in [4.78, 5) is 0. The maximum absolute atomic E-state index is 6.31. The van der Waals surface area contributed by atoms with Gasteiger partial charge in [0.05, 0.1) is 16.4 Å². The predicted molar refractivity (Wildman–Crippen MR) is 102 cm³/mol. The summed E-state index contributed by atoms with van der Waals surface area (Å²) < 4.78 is 0. The Balaban J connectivity index is 2.50. The van der Waals surface area contributed by atoms with E-state index in [4.69, 9.17) is 40.5 Å². The van der Waals surface area contributed by atoms with Crippen LogP contribution in [0.15, 0.2) is 41.5 Å². The molecule has 23 heavy (non-hydrogen) atoms. The van der Waals surface area contributed by atoms with Gasteiger partial charge in [0.2, 0.25) is 0 Å². The lowest BCUT2D eigenvalue weighted by molar-refractivity contribution is 0.713. The van der Waals surface area contributed by atoms with Crippen molar-refractivity contribution in [2.75, 3.05) is 10.7 Å². The zero-order valence-electron chi connectivity index (χ0n) is 13.1. The number of benzene rings is 2. The normalized spacial score (nSPS) is 11.9. The molecule has 0 aliphatic carbocycles. The Bertz CT molecular complexity index is 742. The minimum absolute atomic E-state index is 0.0846. The highest BCUT2D eigenvalue weighted by Gasteiger charge is 2.15. The summed E-state index contributed by atoms with van der Waals surface area (Å²) in [6.45, 7) is 5.93. The molecule has 2 aromatic carbocycles. The van der Waals surface area contributed by atoms with Crippen LogP contribution in [0.4, 0.5) is 11.4 Å². The number of hydrazone groups is 1. The molecule has 3 nitrogen and oxygen atoms in total. The van der Waals surface area contributed by atoms with Crippen molar-refractivity contribution in [3.05, 3.63) is 57.0 Å². The molecule has 0 radical (unpaired) electrons. The summed E-state index contributed by atoms with van der Waals surface area (Å²) in [6.07, 6.45) is 0. The van der Waals surface area contributed by atoms with E-state index < -0.39 is 0 Å². The first-order valence-corrected chi connectivity index (χ1v) is 8.28. The van der Waals surface area contributed by atoms with E-state index in [1.807, 2.05) is 25.8 Å². The van der Waals surface area contributed by atoms with Crippen molar-refractivity contribution < 1.29 is 0 Å². The fourth-order valence-corrected chi connectivity index (χ4v) is 2.71. The zero-order chi connectivity index (χ0) is 17.1. The molecular weight excluding hydrogens is 353 g/mol. The van der Waals surface area contributed by atoms with E-state index in [2.05, 4.69) is 5.10 Å². The van der Waals surface area contributed by atoms with Gasteiger partial charge in [-0.15, -0.1) is 0 Å². The third-order valence-electron chi connectivity index (χ3n) is 3.31. The molecule has 0 aliphatic rings. The molecule has 0 saturated heterocycles. The second-order valence-corrected chi connectivity index (χ2v) is 6.73. The van der Waals surface area contributed by atoms with Crippen LogP contribution in [0.1, 0.15) is 26.3 Å². The molecule has 2 N–H and O–H groups in total. The van der Waals surface area contributed by atoms with Crippen LogP contribution in [-0.2, 0) is 0 Å². The molecule has 0 fully saturated rings. The van der Waals surface area contributed by atoms with E-state index in [9.17, 15) is 0 Å². The summed E-state index contributed by atoms with van der Waals surface area (Å²) >= 11 is 18.5. The Labute approximate surface area is 151 Å². The number of nitrogen functional groups attached to an aromatic ring is 1. The van der Waals surface area contributed by atoms with Crippen LogP contribution >= 0.6 is 34.8 Å². The molecule has 6 heteroatoms. The fourth-order valence-electron chi connectivity index (χ4n) is 2.17. The molecule has 0 aliphatic heterocycles. The number of nitrogens with zero attached hydrogens (tertiary/aromatic N) is 2. The van der Waals surface area contributed by atoms with Crippen LogP contribution in [0.5, 0.6) is 0 Å². The minimum atomic E-state index is 0.0846. The average molecular weight is 371 g/mol. The molecule has 0 heterocycles. The topological polar surface area (TPSA) is 41.6 Å². The monoisotopic (exact) mass is 369 g/mol. The van der Waals surface area contributed by atoms with Crippen molar-refractivity contribution in [1.29, 1.82) is 0 Å². The Morgan fingerprint density at radius 1 is 1.04 bits per heavy atom. The van der Waals surface area contributed by atoms with Crippen molar-refractivity contribution >= 4 is 51.9 Å². The van der Waals surface area contributed by atoms with E-state index in [1.54, 1.807) is 36.4 Å². The van der Waals surface area contributed by atoms with Gasteiger partial charge in [-0.05, 0) is 57.2 Å². The standard InChI is InChI=1S/C17H18Cl3N3/c1-10(2)23(17-9-13(19)4-6-15(17)20)22-11(3)14-8-12(18)5-7-16(14)21/h4-10H,21H2,1-3H3/b22-11+. The summed E-state index contributed by atoms with van der Waals surface area (Å²) in [6, 6.07) is 10.7. The van der Waals surface area contributed by atoms with Gasteiger partial charge in [-0.3, -0.25) is 5.01 Å². The minimum Gasteiger partial charge on any atom is -0.398 e. The highest BCUT2D eigenvalue weighted by atomic mass is 35.5. The van der Waals surface area contributed by atoms with Crippen molar-refractivity contribution in [2.24, 2.45) is 5.10 Å². The van der Waals surface area contributed by atoms with Gasteiger partial charge < -0.3 is 5.73 Å². The third-order valence-corrected chi connectivity index (χ3v) is 4.10. The molecule has 122 valence electrons. The number of nitrogens with two attached hydrogens (primary N) is 1. The maximum atomic E-state index is 6.31. The molecule has 0 bridgehead atoms. The second kappa shape index (κ2) is 7.43. The largest absolute Gasteiger partial charge is 0.398 e. The number of halogens is 3. The van der Waals surface area contributed by atoms with E-state index >= 15 is 0 Å². The van der Waals surface area contributed by atoms with Gasteiger partial charge in [0, 0.05) is 27.3 Å². The highest BCUT2D eigenvalue weighted by Crippen LogP contribution is 2.31. The summed E-state index contributed by atoms with van der Waals surface area (Å²) in [5.41, 5.74) is 8.93. The number of hydrogen-bond acceptors (Lipinski definition) is 3. The quantitative estimate of drug-likeness (QED) is 0.415. The highest BCUT2D eigenvalue weighted by molar-refractivity contribution is 6.35. The molecule has 0 amide bonds. The van der Waals surface area contributed by atoms with Crippen LogP contribution in [0.3, 0.4) is 0 Å². The Hall–Kier alpha value is -1.42. The maximum Gasteiger partial charge on any atom is 0.0798 e. The Morgan fingerprint density at radius 2 is 1.65 bits per heavy atom. The molecule has 0 atom stereocenters. The summed E-state index contributed by atoms with van der Waals surface area (Å²) in [5, 5.41) is 8.31. The first kappa shape index (κ1) is 17.9. The SMILES string of the molecule is C/C(=N\N(c1cc(Cl)ccc1Cl)C(C)C)c1cc(Cl)ccc1N. The Kier molecular flexibility index (Phi) is 5.79. The van der Waals surface area contributed by atoms with E-state index in [0.29, 0.717) is 20.8 Å². The van der Waals surface area contributed by atoms with Crippen LogP contribution in [0, 0.1) is 0 Å². The van der Waals surface area contributed by atoms with Gasteiger partial charge in [0.15, 0.2) is 0 Å². The smallest absolute Gasteiger partial charge is 0.0798 e. The van der Waals surface area contributed by atoms with Crippen LogP contribution < -0.4 is 10.7 Å². The molecule has 0 spiro atoms. The van der Waals surface area contributed by atoms with Crippen molar-refractivity contribution in [1.82, 2.24) is 0 Å². The van der Waals surface area contributed by atoms with Gasteiger partial charge in [-0.2, -0.15) is 5.10 Å². The van der Waals surface area contributed by atoms with Crippen LogP contribution in [-0.4, -0.2) is 11.8 Å². The molecule has 0 aromatic heterocycles. The third kappa shape index (κ3) is 4.31. The molecular formula is C17H18Cl3N3. The second-order valence-electron chi connectivity index (χ2n) is 5.45. The van der Waals surface area contributed by atoms with Crippen molar-refractivity contribution in [3.63, 3.8) is 0 Å². The number of rotatable bonds is 4. The van der Waals surface area contributed by atoms with E-state index in [1.165, 1.54) is 0 Å². The molecule has 0 saturated carbocycles. The first-order chi connectivity index (χ1) is 10.8. The van der Waals surface area contributed by atoms with E-state index in [-0.39, 0.29) is 6.04 Å². The van der Waals surface area contributed by atoms with Crippen LogP contribution in [0.25, 0.3) is 0 Å². The lowest BCUT2D eigenvalue weighted by atomic mass is 10.1. The van der Waals surface area contributed by atoms with Gasteiger partial charge in [-0.25, -0.2) is 0 Å². The lowest BCUT2D eigenvalue weighted by Gasteiger charge is -2.26. The molecule has 2 aromatic rings. The molecule has 0 unspecified atom stereocenters. The predicted octanol–water partition coefficient (Wildman–Crippen LogP) is 5.87. The summed E-state index contributed by atoms with van der Waals surface area (Å²) in [5.74, 6) is 0. The first-order valence-electron chi connectivity index (χ1n) is 7.14. The zero-order valence-corrected chi connectivity index (χ0v) is 15.4. The fraction of sp³-hybridized carbons (Fsp3) is 0.235. The van der Waals surface area contributed by atoms with Crippen LogP contribution in [0.2, 0.25) is 15.1 Å². The molecule has 2 rings (SSSR count). The Morgan fingerprint density at radius 3 is 2.30 bits per heavy atom. The average Bonchev–Trinajstić information content (AvgIpc) is 2.49. The van der Waals surface area contributed by atoms with Gasteiger partial charge >= 0.3 is 0 Å². The van der Waals surface area contributed by atoms with Gasteiger partial charge in [0.25, 0.3) is 0 Å².